The van der Waals surface area contributed by atoms with E-state index in [0.29, 0.717) is 29.5 Å². The predicted molar refractivity (Wildman–Crippen MR) is 78.4 cm³/mol. The van der Waals surface area contributed by atoms with Crippen LogP contribution in [0.4, 0.5) is 0 Å². The highest BCUT2D eigenvalue weighted by molar-refractivity contribution is 6.30. The number of halogens is 1. The molecule has 2 aromatic rings. The van der Waals surface area contributed by atoms with Crippen LogP contribution in [0.5, 0.6) is 0 Å². The molecule has 0 aliphatic carbocycles. The monoisotopic (exact) mass is 292 g/mol. The zero-order chi connectivity index (χ0) is 14.7. The number of carbonyl (C=O) groups excluding carboxylic acids is 1. The molecule has 0 aliphatic rings. The predicted octanol–water partition coefficient (Wildman–Crippen LogP) is 2.60. The molecular weight excluding hydrogens is 276 g/mol. The Labute approximate surface area is 122 Å². The SMILES string of the molecule is C=C(C)CC(C)C(=O)NCc1nnc2ccc(Cl)cn12. The van der Waals surface area contributed by atoms with Crippen LogP contribution in [-0.4, -0.2) is 20.5 Å². The first-order valence-corrected chi connectivity index (χ1v) is 6.76. The second-order valence-electron chi connectivity index (χ2n) is 4.97. The molecule has 0 aliphatic heterocycles. The van der Waals surface area contributed by atoms with Crippen LogP contribution in [0.1, 0.15) is 26.1 Å². The van der Waals surface area contributed by atoms with Gasteiger partial charge in [-0.2, -0.15) is 0 Å². The Morgan fingerprint density at radius 2 is 2.25 bits per heavy atom. The van der Waals surface area contributed by atoms with Gasteiger partial charge in [0.25, 0.3) is 0 Å². The van der Waals surface area contributed by atoms with E-state index >= 15 is 0 Å². The van der Waals surface area contributed by atoms with Crippen molar-refractivity contribution in [3.63, 3.8) is 0 Å². The number of hydrogen-bond donors (Lipinski definition) is 1. The van der Waals surface area contributed by atoms with Crippen LogP contribution in [0.15, 0.2) is 30.5 Å². The lowest BCUT2D eigenvalue weighted by molar-refractivity contribution is -0.124. The second-order valence-corrected chi connectivity index (χ2v) is 5.41. The molecule has 1 amide bonds. The van der Waals surface area contributed by atoms with Crippen LogP contribution in [0.25, 0.3) is 5.65 Å². The molecule has 0 aromatic carbocycles. The van der Waals surface area contributed by atoms with Gasteiger partial charge in [-0.1, -0.05) is 24.1 Å². The van der Waals surface area contributed by atoms with E-state index in [9.17, 15) is 4.79 Å². The highest BCUT2D eigenvalue weighted by Crippen LogP contribution is 2.12. The standard InChI is InChI=1S/C14H17ClN4O/c1-9(2)6-10(3)14(20)16-7-13-18-17-12-5-4-11(15)8-19(12)13/h4-5,8,10H,1,6-7H2,2-3H3,(H,16,20). The molecule has 5 nitrogen and oxygen atoms in total. The van der Waals surface area contributed by atoms with Gasteiger partial charge >= 0.3 is 0 Å². The van der Waals surface area contributed by atoms with Gasteiger partial charge in [0.1, 0.15) is 0 Å². The van der Waals surface area contributed by atoms with Crippen molar-refractivity contribution in [2.24, 2.45) is 5.92 Å². The lowest BCUT2D eigenvalue weighted by atomic mass is 10.0. The average Bonchev–Trinajstić information content (AvgIpc) is 2.77. The first-order valence-electron chi connectivity index (χ1n) is 6.38. The molecule has 1 N–H and O–H groups in total. The lowest BCUT2D eigenvalue weighted by Crippen LogP contribution is -2.29. The number of allylic oxidation sites excluding steroid dienone is 1. The first-order chi connectivity index (χ1) is 9.47. The molecule has 0 saturated carbocycles. The second kappa shape index (κ2) is 6.05. The maximum Gasteiger partial charge on any atom is 0.223 e. The molecule has 6 heteroatoms. The van der Waals surface area contributed by atoms with Gasteiger partial charge in [0.2, 0.25) is 5.91 Å². The Balaban J connectivity index is 2.04. The topological polar surface area (TPSA) is 59.3 Å². The van der Waals surface area contributed by atoms with Gasteiger partial charge < -0.3 is 5.32 Å². The molecule has 2 rings (SSSR count). The van der Waals surface area contributed by atoms with Gasteiger partial charge in [-0.05, 0) is 25.5 Å². The zero-order valence-corrected chi connectivity index (χ0v) is 12.3. The third-order valence-electron chi connectivity index (χ3n) is 2.96. The number of carbonyl (C=O) groups is 1. The van der Waals surface area contributed by atoms with E-state index in [2.05, 4.69) is 22.1 Å². The molecule has 1 unspecified atom stereocenters. The normalized spacial score (nSPS) is 12.3. The van der Waals surface area contributed by atoms with Crippen molar-refractivity contribution in [1.82, 2.24) is 19.9 Å². The Bertz CT molecular complexity index is 650. The summed E-state index contributed by atoms with van der Waals surface area (Å²) in [5.41, 5.74) is 1.70. The lowest BCUT2D eigenvalue weighted by Gasteiger charge is -2.11. The minimum atomic E-state index is -0.102. The van der Waals surface area contributed by atoms with Crippen molar-refractivity contribution in [3.8, 4) is 0 Å². The molecule has 106 valence electrons. The summed E-state index contributed by atoms with van der Waals surface area (Å²) in [4.78, 5) is 11.9. The van der Waals surface area contributed by atoms with Crippen LogP contribution in [0, 0.1) is 5.92 Å². The van der Waals surface area contributed by atoms with E-state index in [1.165, 1.54) is 0 Å². The molecule has 20 heavy (non-hydrogen) atoms. The van der Waals surface area contributed by atoms with Crippen LogP contribution >= 0.6 is 11.6 Å². The van der Waals surface area contributed by atoms with Crippen molar-refractivity contribution in [3.05, 3.63) is 41.3 Å². The average molecular weight is 293 g/mol. The molecule has 0 saturated heterocycles. The van der Waals surface area contributed by atoms with Crippen molar-refractivity contribution in [2.45, 2.75) is 26.8 Å². The fourth-order valence-electron chi connectivity index (χ4n) is 1.99. The smallest absolute Gasteiger partial charge is 0.223 e. The Kier molecular flexibility index (Phi) is 4.39. The van der Waals surface area contributed by atoms with E-state index in [4.69, 9.17) is 11.6 Å². The molecule has 2 aromatic heterocycles. The third-order valence-corrected chi connectivity index (χ3v) is 3.18. The van der Waals surface area contributed by atoms with Crippen LogP contribution < -0.4 is 5.32 Å². The fraction of sp³-hybridized carbons (Fsp3) is 0.357. The number of rotatable bonds is 5. The molecule has 0 fully saturated rings. The maximum atomic E-state index is 11.9. The summed E-state index contributed by atoms with van der Waals surface area (Å²) in [6.07, 6.45) is 2.41. The summed E-state index contributed by atoms with van der Waals surface area (Å²) < 4.78 is 1.77. The Morgan fingerprint density at radius 1 is 1.50 bits per heavy atom. The highest BCUT2D eigenvalue weighted by Gasteiger charge is 2.14. The third kappa shape index (κ3) is 3.36. The van der Waals surface area contributed by atoms with Gasteiger partial charge in [0.05, 0.1) is 11.6 Å². The molecule has 0 spiro atoms. The molecule has 0 bridgehead atoms. The summed E-state index contributed by atoms with van der Waals surface area (Å²) in [6.45, 7) is 7.93. The summed E-state index contributed by atoms with van der Waals surface area (Å²) in [5.74, 6) is 0.528. The number of hydrogen-bond acceptors (Lipinski definition) is 3. The van der Waals surface area contributed by atoms with Crippen LogP contribution in [0.2, 0.25) is 5.02 Å². The molecular formula is C14H17ClN4O. The van der Waals surface area contributed by atoms with E-state index < -0.39 is 0 Å². The largest absolute Gasteiger partial charge is 0.349 e. The Hall–Kier alpha value is -1.88. The summed E-state index contributed by atoms with van der Waals surface area (Å²) in [7, 11) is 0. The number of amides is 1. The minimum absolute atomic E-state index is 0.0215. The van der Waals surface area contributed by atoms with E-state index in [0.717, 1.165) is 5.57 Å². The van der Waals surface area contributed by atoms with Gasteiger partial charge in [0, 0.05) is 12.1 Å². The van der Waals surface area contributed by atoms with E-state index in [-0.39, 0.29) is 11.8 Å². The first kappa shape index (κ1) is 14.5. The quantitative estimate of drug-likeness (QED) is 0.862. The number of pyridine rings is 1. The number of nitrogens with one attached hydrogen (secondary N) is 1. The molecule has 2 heterocycles. The zero-order valence-electron chi connectivity index (χ0n) is 11.6. The number of fused-ring (bicyclic) bond motifs is 1. The number of nitrogens with zero attached hydrogens (tertiary/aromatic N) is 3. The number of aromatic nitrogens is 3. The summed E-state index contributed by atoms with van der Waals surface area (Å²) in [6, 6.07) is 3.53. The van der Waals surface area contributed by atoms with E-state index in [1.54, 1.807) is 22.7 Å². The van der Waals surface area contributed by atoms with Crippen molar-refractivity contribution < 1.29 is 4.79 Å². The van der Waals surface area contributed by atoms with Gasteiger partial charge in [-0.25, -0.2) is 0 Å². The van der Waals surface area contributed by atoms with Crippen molar-refractivity contribution in [1.29, 1.82) is 0 Å². The van der Waals surface area contributed by atoms with Crippen LogP contribution in [0.3, 0.4) is 0 Å². The summed E-state index contributed by atoms with van der Waals surface area (Å²) >= 11 is 5.94. The molecule has 1 atom stereocenters. The van der Waals surface area contributed by atoms with Gasteiger partial charge in [-0.15, -0.1) is 16.8 Å². The Morgan fingerprint density at radius 3 is 2.95 bits per heavy atom. The van der Waals surface area contributed by atoms with Crippen LogP contribution in [-0.2, 0) is 11.3 Å². The molecule has 0 radical (unpaired) electrons. The highest BCUT2D eigenvalue weighted by atomic mass is 35.5. The van der Waals surface area contributed by atoms with Gasteiger partial charge in [-0.3, -0.25) is 9.20 Å². The summed E-state index contributed by atoms with van der Waals surface area (Å²) in [5, 5.41) is 11.5. The fourth-order valence-corrected chi connectivity index (χ4v) is 2.15. The van der Waals surface area contributed by atoms with Crippen molar-refractivity contribution >= 4 is 23.2 Å². The van der Waals surface area contributed by atoms with E-state index in [1.807, 2.05) is 13.8 Å². The van der Waals surface area contributed by atoms with Crippen molar-refractivity contribution in [2.75, 3.05) is 0 Å². The van der Waals surface area contributed by atoms with Gasteiger partial charge in [0.15, 0.2) is 11.5 Å². The minimum Gasteiger partial charge on any atom is -0.349 e. The maximum absolute atomic E-state index is 11.9.